The molecule has 2 aromatic carbocycles. The molecule has 160 valence electrons. The van der Waals surface area contributed by atoms with Crippen LogP contribution in [0, 0.1) is 5.92 Å². The first kappa shape index (κ1) is 21.6. The molecule has 4 rings (SSSR count). The molecule has 1 saturated heterocycles. The first-order valence-corrected chi connectivity index (χ1v) is 11.8. The van der Waals surface area contributed by atoms with Crippen LogP contribution >= 0.6 is 22.6 Å². The van der Waals surface area contributed by atoms with Gasteiger partial charge in [0.15, 0.2) is 6.29 Å². The highest BCUT2D eigenvalue weighted by Gasteiger charge is 2.46. The van der Waals surface area contributed by atoms with Crippen LogP contribution in [-0.2, 0) is 22.6 Å². The Hall–Kier alpha value is -1.64. The summed E-state index contributed by atoms with van der Waals surface area (Å²) >= 11 is 2.24. The van der Waals surface area contributed by atoms with Crippen LogP contribution < -0.4 is 0 Å². The standard InChI is InChI=1S/C24H28INO4/c25-20-13-14-21(30-23(20)27)22(19-11-12-19)26(15-17-7-3-1-4-8-17)24(28)29-16-18-9-5-2-6-10-18/h1-10,19-23,27H,11-16H2/t20?,21-,22+,23?/m0/s1. The van der Waals surface area contributed by atoms with Crippen molar-refractivity contribution in [2.75, 3.05) is 0 Å². The number of ether oxygens (including phenoxy) is 2. The third-order valence-electron chi connectivity index (χ3n) is 5.83. The summed E-state index contributed by atoms with van der Waals surface area (Å²) in [6.07, 6.45) is 2.58. The van der Waals surface area contributed by atoms with E-state index in [0.717, 1.165) is 36.8 Å². The number of aliphatic hydroxyl groups excluding tert-OH is 1. The number of benzene rings is 2. The molecule has 1 saturated carbocycles. The van der Waals surface area contributed by atoms with Crippen LogP contribution in [0.15, 0.2) is 60.7 Å². The highest BCUT2D eigenvalue weighted by atomic mass is 127. The topological polar surface area (TPSA) is 59.0 Å². The molecule has 1 amide bonds. The molecule has 0 radical (unpaired) electrons. The van der Waals surface area contributed by atoms with Crippen LogP contribution in [0.25, 0.3) is 0 Å². The van der Waals surface area contributed by atoms with E-state index in [1.807, 2.05) is 65.6 Å². The van der Waals surface area contributed by atoms with Crippen molar-refractivity contribution in [1.29, 1.82) is 0 Å². The molecule has 30 heavy (non-hydrogen) atoms. The van der Waals surface area contributed by atoms with Gasteiger partial charge in [0.2, 0.25) is 0 Å². The molecule has 2 unspecified atom stereocenters. The molecule has 2 fully saturated rings. The summed E-state index contributed by atoms with van der Waals surface area (Å²) in [5, 5.41) is 10.3. The Bertz CT molecular complexity index is 814. The Morgan fingerprint density at radius 1 is 1.03 bits per heavy atom. The number of carbonyl (C=O) groups is 1. The maximum absolute atomic E-state index is 13.3. The third-order valence-corrected chi connectivity index (χ3v) is 7.07. The van der Waals surface area contributed by atoms with E-state index < -0.39 is 6.29 Å². The molecule has 1 N–H and O–H groups in total. The monoisotopic (exact) mass is 521 g/mol. The van der Waals surface area contributed by atoms with Crippen molar-refractivity contribution in [3.63, 3.8) is 0 Å². The van der Waals surface area contributed by atoms with Gasteiger partial charge in [-0.05, 0) is 42.7 Å². The minimum Gasteiger partial charge on any atom is -0.445 e. The van der Waals surface area contributed by atoms with Crippen molar-refractivity contribution in [2.45, 2.75) is 61.2 Å². The number of hydrogen-bond donors (Lipinski definition) is 1. The van der Waals surface area contributed by atoms with Crippen LogP contribution in [0.1, 0.15) is 36.8 Å². The second-order valence-corrected chi connectivity index (χ2v) is 9.74. The summed E-state index contributed by atoms with van der Waals surface area (Å²) in [5.74, 6) is 0.390. The molecule has 1 aliphatic carbocycles. The predicted molar refractivity (Wildman–Crippen MR) is 123 cm³/mol. The number of carbonyl (C=O) groups excluding carboxylic acids is 1. The van der Waals surface area contributed by atoms with E-state index in [0.29, 0.717) is 12.5 Å². The Morgan fingerprint density at radius 2 is 1.67 bits per heavy atom. The van der Waals surface area contributed by atoms with Gasteiger partial charge in [0.1, 0.15) is 6.61 Å². The van der Waals surface area contributed by atoms with E-state index >= 15 is 0 Å². The van der Waals surface area contributed by atoms with Crippen molar-refractivity contribution in [1.82, 2.24) is 4.90 Å². The van der Waals surface area contributed by atoms with Gasteiger partial charge in [-0.3, -0.25) is 4.90 Å². The number of hydrogen-bond acceptors (Lipinski definition) is 4. The summed E-state index contributed by atoms with van der Waals surface area (Å²) in [6, 6.07) is 19.6. The molecular weight excluding hydrogens is 493 g/mol. The lowest BCUT2D eigenvalue weighted by Crippen LogP contribution is -2.52. The second-order valence-electron chi connectivity index (χ2n) is 8.14. The summed E-state index contributed by atoms with van der Waals surface area (Å²) in [7, 11) is 0. The largest absolute Gasteiger partial charge is 0.445 e. The molecule has 6 heteroatoms. The molecule has 4 atom stereocenters. The maximum Gasteiger partial charge on any atom is 0.410 e. The summed E-state index contributed by atoms with van der Waals surface area (Å²) < 4.78 is 11.8. The number of halogens is 1. The van der Waals surface area contributed by atoms with Gasteiger partial charge >= 0.3 is 6.09 Å². The minimum atomic E-state index is -0.787. The zero-order valence-electron chi connectivity index (χ0n) is 16.9. The number of rotatable bonds is 7. The minimum absolute atomic E-state index is 0.0892. The Labute approximate surface area is 191 Å². The molecule has 2 aliphatic rings. The van der Waals surface area contributed by atoms with Crippen molar-refractivity contribution in [2.24, 2.45) is 5.92 Å². The maximum atomic E-state index is 13.3. The summed E-state index contributed by atoms with van der Waals surface area (Å²) in [4.78, 5) is 15.1. The molecule has 2 aromatic rings. The Kier molecular flexibility index (Phi) is 7.28. The van der Waals surface area contributed by atoms with Gasteiger partial charge in [-0.2, -0.15) is 0 Å². The lowest BCUT2D eigenvalue weighted by Gasteiger charge is -2.40. The van der Waals surface area contributed by atoms with Crippen LogP contribution in [-0.4, -0.2) is 38.5 Å². The first-order chi connectivity index (χ1) is 14.6. The van der Waals surface area contributed by atoms with E-state index in [9.17, 15) is 9.90 Å². The van der Waals surface area contributed by atoms with Gasteiger partial charge in [0.25, 0.3) is 0 Å². The van der Waals surface area contributed by atoms with Crippen LogP contribution in [0.5, 0.6) is 0 Å². The zero-order valence-corrected chi connectivity index (χ0v) is 19.1. The number of nitrogens with zero attached hydrogens (tertiary/aromatic N) is 1. The average molecular weight is 521 g/mol. The molecule has 0 bridgehead atoms. The fourth-order valence-corrected chi connectivity index (χ4v) is 4.65. The van der Waals surface area contributed by atoms with E-state index in [2.05, 4.69) is 22.6 Å². The Morgan fingerprint density at radius 3 is 2.27 bits per heavy atom. The first-order valence-electron chi connectivity index (χ1n) is 10.6. The predicted octanol–water partition coefficient (Wildman–Crippen LogP) is 4.91. The average Bonchev–Trinajstić information content (AvgIpc) is 3.60. The summed E-state index contributed by atoms with van der Waals surface area (Å²) in [5.41, 5.74) is 2.02. The number of aliphatic hydroxyl groups is 1. The quantitative estimate of drug-likeness (QED) is 0.416. The second kappa shape index (κ2) is 10.1. The van der Waals surface area contributed by atoms with Gasteiger partial charge in [-0.25, -0.2) is 4.79 Å². The summed E-state index contributed by atoms with van der Waals surface area (Å²) in [6.45, 7) is 0.714. The molecule has 1 aliphatic heterocycles. The van der Waals surface area contributed by atoms with Gasteiger partial charge in [-0.15, -0.1) is 0 Å². The molecule has 0 aromatic heterocycles. The van der Waals surface area contributed by atoms with Crippen LogP contribution in [0.2, 0.25) is 0 Å². The van der Waals surface area contributed by atoms with Crippen molar-refractivity contribution in [3.05, 3.63) is 71.8 Å². The highest BCUT2D eigenvalue weighted by molar-refractivity contribution is 14.1. The SMILES string of the molecule is O=C(OCc1ccccc1)N(Cc1ccccc1)[C@H](C1CC1)[C@@H]1CCC(I)C(O)O1. The van der Waals surface area contributed by atoms with Gasteiger partial charge in [-0.1, -0.05) is 83.3 Å². The zero-order chi connectivity index (χ0) is 20.9. The normalized spacial score (nSPS) is 24.8. The number of alkyl halides is 1. The van der Waals surface area contributed by atoms with E-state index in [4.69, 9.17) is 9.47 Å². The van der Waals surface area contributed by atoms with Gasteiger partial charge < -0.3 is 14.6 Å². The van der Waals surface area contributed by atoms with E-state index in [1.165, 1.54) is 0 Å². The third kappa shape index (κ3) is 5.53. The Balaban J connectivity index is 1.54. The van der Waals surface area contributed by atoms with Crippen molar-refractivity contribution >= 4 is 28.7 Å². The molecular formula is C24H28INO4. The fraction of sp³-hybridized carbons (Fsp3) is 0.458. The molecule has 5 nitrogen and oxygen atoms in total. The lowest BCUT2D eigenvalue weighted by molar-refractivity contribution is -0.175. The van der Waals surface area contributed by atoms with Crippen molar-refractivity contribution < 1.29 is 19.4 Å². The van der Waals surface area contributed by atoms with Gasteiger partial charge in [0, 0.05) is 6.54 Å². The van der Waals surface area contributed by atoms with Gasteiger partial charge in [0.05, 0.1) is 16.1 Å². The lowest BCUT2D eigenvalue weighted by atomic mass is 9.96. The van der Waals surface area contributed by atoms with Crippen LogP contribution in [0.4, 0.5) is 4.79 Å². The van der Waals surface area contributed by atoms with Crippen molar-refractivity contribution in [3.8, 4) is 0 Å². The van der Waals surface area contributed by atoms with Crippen LogP contribution in [0.3, 0.4) is 0 Å². The van der Waals surface area contributed by atoms with E-state index in [-0.39, 0.29) is 28.8 Å². The highest BCUT2D eigenvalue weighted by Crippen LogP contribution is 2.41. The van der Waals surface area contributed by atoms with E-state index in [1.54, 1.807) is 0 Å². The molecule has 1 heterocycles. The number of amides is 1. The molecule has 0 spiro atoms. The smallest absolute Gasteiger partial charge is 0.410 e. The fourth-order valence-electron chi connectivity index (χ4n) is 4.12.